The Bertz CT molecular complexity index is 459. The van der Waals surface area contributed by atoms with Crippen molar-refractivity contribution in [3.8, 4) is 0 Å². The van der Waals surface area contributed by atoms with Crippen LogP contribution in [0.25, 0.3) is 0 Å². The Labute approximate surface area is 135 Å². The van der Waals surface area contributed by atoms with Crippen LogP contribution in [0.2, 0.25) is 0 Å². The normalized spacial score (nSPS) is 27.1. The van der Waals surface area contributed by atoms with Crippen molar-refractivity contribution >= 4 is 30.6 Å². The molecule has 0 unspecified atom stereocenters. The molecule has 0 bridgehead atoms. The van der Waals surface area contributed by atoms with Crippen LogP contribution in [-0.2, 0) is 0 Å². The summed E-state index contributed by atoms with van der Waals surface area (Å²) < 4.78 is 26.3. The van der Waals surface area contributed by atoms with E-state index in [2.05, 4.69) is 9.97 Å². The first-order valence-electron chi connectivity index (χ1n) is 6.74. The number of hydrogen-bond acceptors (Lipinski definition) is 4. The number of halogens is 4. The maximum Gasteiger partial charge on any atom is 0.251 e. The average Bonchev–Trinajstić information content (AvgIpc) is 2.35. The van der Waals surface area contributed by atoms with E-state index in [1.54, 1.807) is 0 Å². The molecule has 1 aliphatic carbocycles. The molecule has 1 aromatic rings. The van der Waals surface area contributed by atoms with Crippen molar-refractivity contribution in [1.29, 1.82) is 0 Å². The topological polar surface area (TPSA) is 55.0 Å². The van der Waals surface area contributed by atoms with Gasteiger partial charge in [0.25, 0.3) is 5.92 Å². The largest absolute Gasteiger partial charge is 0.356 e. The van der Waals surface area contributed by atoms with E-state index in [-0.39, 0.29) is 43.7 Å². The third-order valence-electron chi connectivity index (χ3n) is 4.09. The van der Waals surface area contributed by atoms with Crippen LogP contribution in [0.5, 0.6) is 0 Å². The molecule has 0 amide bonds. The molecule has 1 aliphatic heterocycles. The van der Waals surface area contributed by atoms with Crippen molar-refractivity contribution in [2.45, 2.75) is 43.6 Å². The molecule has 21 heavy (non-hydrogen) atoms. The molecule has 0 aromatic carbocycles. The molecule has 2 heterocycles. The molecule has 2 aliphatic rings. The third kappa shape index (κ3) is 4.14. The highest BCUT2D eigenvalue weighted by Gasteiger charge is 2.35. The second kappa shape index (κ2) is 7.03. The van der Waals surface area contributed by atoms with Gasteiger partial charge in [0.2, 0.25) is 0 Å². The Hall–Kier alpha value is -0.720. The minimum absolute atomic E-state index is 0. The van der Waals surface area contributed by atoms with Crippen molar-refractivity contribution in [2.24, 2.45) is 5.73 Å². The summed E-state index contributed by atoms with van der Waals surface area (Å²) in [6.45, 7) is 0.710. The molecule has 2 N–H and O–H groups in total. The SMILES string of the molecule is Cl.Cl.NC1CC(c2cc(N3CCC(F)(F)CC3)ncn2)C1. The molecule has 0 spiro atoms. The van der Waals surface area contributed by atoms with Crippen molar-refractivity contribution in [1.82, 2.24) is 9.97 Å². The van der Waals surface area contributed by atoms with Gasteiger partial charge in [0.05, 0.1) is 0 Å². The Balaban J connectivity index is 0.00000110. The van der Waals surface area contributed by atoms with Crippen LogP contribution in [0.3, 0.4) is 0 Å². The number of hydrogen-bond donors (Lipinski definition) is 1. The van der Waals surface area contributed by atoms with Gasteiger partial charge in [0, 0.05) is 49.7 Å². The zero-order valence-corrected chi connectivity index (χ0v) is 13.2. The lowest BCUT2D eigenvalue weighted by molar-refractivity contribution is -0.0221. The fraction of sp³-hybridized carbons (Fsp3) is 0.692. The molecule has 120 valence electrons. The van der Waals surface area contributed by atoms with Gasteiger partial charge in [-0.1, -0.05) is 0 Å². The Morgan fingerprint density at radius 1 is 1.14 bits per heavy atom. The van der Waals surface area contributed by atoms with E-state index in [1.807, 2.05) is 11.0 Å². The number of alkyl halides is 2. The van der Waals surface area contributed by atoms with Crippen LogP contribution in [0.1, 0.15) is 37.3 Å². The third-order valence-corrected chi connectivity index (χ3v) is 4.09. The number of piperidine rings is 1. The van der Waals surface area contributed by atoms with Crippen molar-refractivity contribution in [2.75, 3.05) is 18.0 Å². The Morgan fingerprint density at radius 3 is 2.33 bits per heavy atom. The fourth-order valence-corrected chi connectivity index (χ4v) is 2.72. The predicted octanol–water partition coefficient (Wildman–Crippen LogP) is 2.76. The second-order valence-electron chi connectivity index (χ2n) is 5.57. The summed E-state index contributed by atoms with van der Waals surface area (Å²) in [7, 11) is 0. The molecule has 1 aromatic heterocycles. The van der Waals surface area contributed by atoms with Crippen LogP contribution in [0.15, 0.2) is 12.4 Å². The van der Waals surface area contributed by atoms with E-state index in [9.17, 15) is 8.78 Å². The lowest BCUT2D eigenvalue weighted by atomic mass is 9.78. The van der Waals surface area contributed by atoms with E-state index < -0.39 is 5.92 Å². The molecule has 2 fully saturated rings. The van der Waals surface area contributed by atoms with Gasteiger partial charge in [-0.05, 0) is 12.8 Å². The summed E-state index contributed by atoms with van der Waals surface area (Å²) in [6, 6.07) is 2.21. The zero-order chi connectivity index (χ0) is 13.5. The summed E-state index contributed by atoms with van der Waals surface area (Å²) >= 11 is 0. The molecule has 8 heteroatoms. The first-order chi connectivity index (χ1) is 9.03. The molecule has 4 nitrogen and oxygen atoms in total. The monoisotopic (exact) mass is 340 g/mol. The van der Waals surface area contributed by atoms with Gasteiger partial charge in [-0.25, -0.2) is 18.7 Å². The van der Waals surface area contributed by atoms with Gasteiger partial charge in [-0.2, -0.15) is 0 Å². The summed E-state index contributed by atoms with van der Waals surface area (Å²) in [6.07, 6.45) is 3.24. The highest BCUT2D eigenvalue weighted by atomic mass is 35.5. The molecule has 1 saturated heterocycles. The summed E-state index contributed by atoms with van der Waals surface area (Å²) in [4.78, 5) is 10.4. The van der Waals surface area contributed by atoms with Crippen molar-refractivity contribution < 1.29 is 8.78 Å². The van der Waals surface area contributed by atoms with Crippen LogP contribution in [0.4, 0.5) is 14.6 Å². The van der Waals surface area contributed by atoms with Gasteiger partial charge in [-0.3, -0.25) is 0 Å². The lowest BCUT2D eigenvalue weighted by Gasteiger charge is -2.34. The van der Waals surface area contributed by atoms with Crippen LogP contribution in [0, 0.1) is 0 Å². The van der Waals surface area contributed by atoms with E-state index in [0.29, 0.717) is 19.0 Å². The van der Waals surface area contributed by atoms with Gasteiger partial charge >= 0.3 is 0 Å². The van der Waals surface area contributed by atoms with E-state index in [4.69, 9.17) is 5.73 Å². The number of anilines is 1. The first kappa shape index (κ1) is 18.3. The van der Waals surface area contributed by atoms with Gasteiger partial charge in [0.15, 0.2) is 0 Å². The molecule has 1 saturated carbocycles. The van der Waals surface area contributed by atoms with E-state index >= 15 is 0 Å². The van der Waals surface area contributed by atoms with Crippen molar-refractivity contribution in [3.05, 3.63) is 18.1 Å². The molecule has 3 rings (SSSR count). The quantitative estimate of drug-likeness (QED) is 0.899. The minimum atomic E-state index is -2.52. The molecular formula is C13H20Cl2F2N4. The van der Waals surface area contributed by atoms with Crippen LogP contribution in [-0.4, -0.2) is 35.0 Å². The number of aromatic nitrogens is 2. The first-order valence-corrected chi connectivity index (χ1v) is 6.74. The summed E-state index contributed by atoms with van der Waals surface area (Å²) in [5, 5.41) is 0. The van der Waals surface area contributed by atoms with Crippen LogP contribution < -0.4 is 10.6 Å². The van der Waals surface area contributed by atoms with E-state index in [1.165, 1.54) is 6.33 Å². The number of nitrogens with zero attached hydrogens (tertiary/aromatic N) is 3. The van der Waals surface area contributed by atoms with E-state index in [0.717, 1.165) is 24.4 Å². The summed E-state index contributed by atoms with van der Waals surface area (Å²) in [5.74, 6) is -1.35. The summed E-state index contributed by atoms with van der Waals surface area (Å²) in [5.41, 5.74) is 6.77. The van der Waals surface area contributed by atoms with Gasteiger partial charge in [-0.15, -0.1) is 24.8 Å². The minimum Gasteiger partial charge on any atom is -0.356 e. The molecule has 0 radical (unpaired) electrons. The maximum atomic E-state index is 13.1. The number of rotatable bonds is 2. The zero-order valence-electron chi connectivity index (χ0n) is 11.5. The Kier molecular flexibility index (Phi) is 6.13. The second-order valence-corrected chi connectivity index (χ2v) is 5.57. The lowest BCUT2D eigenvalue weighted by Crippen LogP contribution is -2.40. The van der Waals surface area contributed by atoms with Crippen LogP contribution >= 0.6 is 24.8 Å². The highest BCUT2D eigenvalue weighted by molar-refractivity contribution is 5.85. The Morgan fingerprint density at radius 2 is 1.76 bits per heavy atom. The molecular weight excluding hydrogens is 321 g/mol. The van der Waals surface area contributed by atoms with Gasteiger partial charge in [0.1, 0.15) is 12.1 Å². The smallest absolute Gasteiger partial charge is 0.251 e. The average molecular weight is 341 g/mol. The maximum absolute atomic E-state index is 13.1. The van der Waals surface area contributed by atoms with Gasteiger partial charge < -0.3 is 10.6 Å². The highest BCUT2D eigenvalue weighted by Crippen LogP contribution is 2.36. The number of nitrogens with two attached hydrogens (primary N) is 1. The predicted molar refractivity (Wildman–Crippen MR) is 82.9 cm³/mol. The fourth-order valence-electron chi connectivity index (χ4n) is 2.72. The van der Waals surface area contributed by atoms with Crippen molar-refractivity contribution in [3.63, 3.8) is 0 Å². The molecule has 0 atom stereocenters. The standard InChI is InChI=1S/C13H18F2N4.2ClH/c14-13(15)1-3-19(4-2-13)12-7-11(17-8-18-12)9-5-10(16)6-9;;/h7-10H,1-6,16H2;2*1H.